The molecule has 0 radical (unpaired) electrons. The summed E-state index contributed by atoms with van der Waals surface area (Å²) in [5.41, 5.74) is 1.38. The highest BCUT2D eigenvalue weighted by Crippen LogP contribution is 2.38. The summed E-state index contributed by atoms with van der Waals surface area (Å²) >= 11 is 0. The first-order chi connectivity index (χ1) is 19.8. The number of benzene rings is 2. The second kappa shape index (κ2) is 11.9. The predicted octanol–water partition coefficient (Wildman–Crippen LogP) is 5.15. The minimum atomic E-state index is -1.31. The van der Waals surface area contributed by atoms with Gasteiger partial charge in [-0.1, -0.05) is 61.7 Å². The van der Waals surface area contributed by atoms with Crippen LogP contribution in [0.25, 0.3) is 10.9 Å². The van der Waals surface area contributed by atoms with Crippen molar-refractivity contribution in [3.8, 4) is 0 Å². The number of nitrogens with zero attached hydrogens (tertiary/aromatic N) is 2. The SMILES string of the molecule is CC(Cc1c[nH]c2ccccc12)(NC(=O)Cc1ccccc1[N+](=O)[O-])C(=O)NCC1(c2ccccn2)CCCCC1. The molecule has 41 heavy (non-hydrogen) atoms. The molecule has 0 aliphatic heterocycles. The molecule has 2 aromatic heterocycles. The fourth-order valence-corrected chi connectivity index (χ4v) is 6.08. The summed E-state index contributed by atoms with van der Waals surface area (Å²) in [7, 11) is 0. The Labute approximate surface area is 238 Å². The average Bonchev–Trinajstić information content (AvgIpc) is 3.39. The molecular weight excluding hydrogens is 518 g/mol. The van der Waals surface area contributed by atoms with Crippen molar-refractivity contribution in [2.24, 2.45) is 0 Å². The lowest BCUT2D eigenvalue weighted by molar-refractivity contribution is -0.385. The van der Waals surface area contributed by atoms with Gasteiger partial charge in [-0.15, -0.1) is 0 Å². The summed E-state index contributed by atoms with van der Waals surface area (Å²) in [6.45, 7) is 2.13. The zero-order valence-electron chi connectivity index (χ0n) is 23.2. The zero-order chi connectivity index (χ0) is 28.9. The number of para-hydroxylation sites is 2. The molecule has 1 atom stereocenters. The van der Waals surface area contributed by atoms with Crippen molar-refractivity contribution < 1.29 is 14.5 Å². The highest BCUT2D eigenvalue weighted by molar-refractivity contribution is 5.93. The molecule has 1 unspecified atom stereocenters. The number of rotatable bonds is 10. The van der Waals surface area contributed by atoms with E-state index in [2.05, 4.69) is 20.6 Å². The molecule has 9 heteroatoms. The van der Waals surface area contributed by atoms with Crippen molar-refractivity contribution in [1.82, 2.24) is 20.6 Å². The van der Waals surface area contributed by atoms with Gasteiger partial charge in [0.25, 0.3) is 5.69 Å². The first-order valence-electron chi connectivity index (χ1n) is 14.1. The summed E-state index contributed by atoms with van der Waals surface area (Å²) in [6.07, 6.45) is 8.80. The second-order valence-corrected chi connectivity index (χ2v) is 11.2. The number of pyridine rings is 1. The Hall–Kier alpha value is -4.53. The maximum absolute atomic E-state index is 14.0. The van der Waals surface area contributed by atoms with Crippen LogP contribution >= 0.6 is 0 Å². The highest BCUT2D eigenvalue weighted by atomic mass is 16.6. The lowest BCUT2D eigenvalue weighted by atomic mass is 9.71. The molecule has 0 spiro atoms. The van der Waals surface area contributed by atoms with Crippen LogP contribution in [0.3, 0.4) is 0 Å². The van der Waals surface area contributed by atoms with Gasteiger partial charge >= 0.3 is 0 Å². The second-order valence-electron chi connectivity index (χ2n) is 11.2. The van der Waals surface area contributed by atoms with E-state index < -0.39 is 16.4 Å². The van der Waals surface area contributed by atoms with Crippen molar-refractivity contribution >= 4 is 28.4 Å². The third-order valence-electron chi connectivity index (χ3n) is 8.28. The van der Waals surface area contributed by atoms with Crippen LogP contribution in [0.1, 0.15) is 55.8 Å². The Morgan fingerprint density at radius 2 is 1.73 bits per heavy atom. The average molecular weight is 554 g/mol. The van der Waals surface area contributed by atoms with Gasteiger partial charge in [0.15, 0.2) is 0 Å². The molecular formula is C32H35N5O4. The smallest absolute Gasteiger partial charge is 0.273 e. The number of H-pyrrole nitrogens is 1. The topological polar surface area (TPSA) is 130 Å². The fourth-order valence-electron chi connectivity index (χ4n) is 6.08. The van der Waals surface area contributed by atoms with E-state index in [0.29, 0.717) is 12.1 Å². The normalized spacial score (nSPS) is 16.0. The molecule has 1 fully saturated rings. The molecule has 2 amide bonds. The fraction of sp³-hybridized carbons (Fsp3) is 0.344. The first kappa shape index (κ1) is 28.0. The monoisotopic (exact) mass is 553 g/mol. The Morgan fingerprint density at radius 3 is 2.49 bits per heavy atom. The summed E-state index contributed by atoms with van der Waals surface area (Å²) in [5, 5.41) is 18.6. The molecule has 5 rings (SSSR count). The van der Waals surface area contributed by atoms with Gasteiger partial charge in [0, 0.05) is 59.0 Å². The maximum Gasteiger partial charge on any atom is 0.273 e. The van der Waals surface area contributed by atoms with Crippen LogP contribution in [0.15, 0.2) is 79.1 Å². The van der Waals surface area contributed by atoms with Crippen LogP contribution in [0.5, 0.6) is 0 Å². The molecule has 2 heterocycles. The Kier molecular flexibility index (Phi) is 8.14. The van der Waals surface area contributed by atoms with E-state index in [0.717, 1.165) is 54.3 Å². The van der Waals surface area contributed by atoms with Gasteiger partial charge in [0.05, 0.1) is 11.3 Å². The number of hydrogen-bond acceptors (Lipinski definition) is 5. The van der Waals surface area contributed by atoms with Crippen molar-refractivity contribution in [2.75, 3.05) is 6.54 Å². The molecule has 9 nitrogen and oxygen atoms in total. The van der Waals surface area contributed by atoms with Crippen LogP contribution in [-0.4, -0.2) is 38.8 Å². The quantitative estimate of drug-likeness (QED) is 0.185. The number of aromatic amines is 1. The van der Waals surface area contributed by atoms with E-state index in [4.69, 9.17) is 0 Å². The van der Waals surface area contributed by atoms with Crippen LogP contribution in [-0.2, 0) is 27.8 Å². The number of fused-ring (bicyclic) bond motifs is 1. The summed E-state index contributed by atoms with van der Waals surface area (Å²) in [5.74, 6) is -0.770. The van der Waals surface area contributed by atoms with Crippen molar-refractivity contribution in [3.63, 3.8) is 0 Å². The predicted molar refractivity (Wildman–Crippen MR) is 157 cm³/mol. The first-order valence-corrected chi connectivity index (χ1v) is 14.1. The Morgan fingerprint density at radius 1 is 1.00 bits per heavy atom. The molecule has 4 aromatic rings. The van der Waals surface area contributed by atoms with Gasteiger partial charge < -0.3 is 15.6 Å². The standard InChI is InChI=1S/C32H35N5O4/c1-31(20-24-21-34-26-13-5-4-12-25(24)26,36-29(38)19-23-11-3-6-14-27(23)37(40)41)30(39)35-22-32(16-8-2-9-17-32)28-15-7-10-18-33-28/h3-7,10-15,18,21,34H,2,8-9,16-17,19-20,22H2,1H3,(H,35,39)(H,36,38). The van der Waals surface area contributed by atoms with Gasteiger partial charge in [-0.05, 0) is 43.5 Å². The molecule has 0 saturated heterocycles. The van der Waals surface area contributed by atoms with Gasteiger partial charge in [-0.3, -0.25) is 24.7 Å². The summed E-state index contributed by atoms with van der Waals surface area (Å²) in [6, 6.07) is 19.9. The van der Waals surface area contributed by atoms with Gasteiger partial charge in [0.1, 0.15) is 5.54 Å². The lowest BCUT2D eigenvalue weighted by Crippen LogP contribution is -2.60. The zero-order valence-corrected chi connectivity index (χ0v) is 23.2. The van der Waals surface area contributed by atoms with Gasteiger partial charge in [-0.25, -0.2) is 0 Å². The third-order valence-corrected chi connectivity index (χ3v) is 8.28. The minimum absolute atomic E-state index is 0.125. The number of nitro groups is 1. The molecule has 3 N–H and O–H groups in total. The van der Waals surface area contributed by atoms with E-state index in [1.54, 1.807) is 31.3 Å². The third kappa shape index (κ3) is 6.14. The molecule has 1 aliphatic rings. The van der Waals surface area contributed by atoms with E-state index in [1.165, 1.54) is 6.07 Å². The largest absolute Gasteiger partial charge is 0.361 e. The molecule has 212 valence electrons. The maximum atomic E-state index is 14.0. The van der Waals surface area contributed by atoms with Gasteiger partial charge in [-0.2, -0.15) is 0 Å². The number of amides is 2. The van der Waals surface area contributed by atoms with Crippen molar-refractivity contribution in [1.29, 1.82) is 0 Å². The lowest BCUT2D eigenvalue weighted by Gasteiger charge is -2.38. The molecule has 0 bridgehead atoms. The van der Waals surface area contributed by atoms with E-state index in [1.807, 2.05) is 48.7 Å². The van der Waals surface area contributed by atoms with Crippen LogP contribution < -0.4 is 10.6 Å². The van der Waals surface area contributed by atoms with Crippen molar-refractivity contribution in [2.45, 2.75) is 62.8 Å². The Bertz CT molecular complexity index is 1540. The van der Waals surface area contributed by atoms with E-state index in [-0.39, 0.29) is 29.9 Å². The number of hydrogen-bond donors (Lipinski definition) is 3. The number of carbonyl (C=O) groups excluding carboxylic acids is 2. The molecule has 1 saturated carbocycles. The number of carbonyl (C=O) groups is 2. The summed E-state index contributed by atoms with van der Waals surface area (Å²) < 4.78 is 0. The van der Waals surface area contributed by atoms with Gasteiger partial charge in [0.2, 0.25) is 11.8 Å². The number of nitro benzene ring substituents is 1. The van der Waals surface area contributed by atoms with Crippen LogP contribution in [0.4, 0.5) is 5.69 Å². The molecule has 1 aliphatic carbocycles. The van der Waals surface area contributed by atoms with E-state index in [9.17, 15) is 19.7 Å². The van der Waals surface area contributed by atoms with E-state index >= 15 is 0 Å². The minimum Gasteiger partial charge on any atom is -0.361 e. The highest BCUT2D eigenvalue weighted by Gasteiger charge is 2.40. The molecule has 2 aromatic carbocycles. The van der Waals surface area contributed by atoms with Crippen LogP contribution in [0, 0.1) is 10.1 Å². The Balaban J connectivity index is 1.41. The van der Waals surface area contributed by atoms with Crippen LogP contribution in [0.2, 0.25) is 0 Å². The number of aromatic nitrogens is 2. The van der Waals surface area contributed by atoms with Crippen molar-refractivity contribution in [3.05, 3.63) is 106 Å². The summed E-state index contributed by atoms with van der Waals surface area (Å²) in [4.78, 5) is 46.3. The number of nitrogens with one attached hydrogen (secondary N) is 3.